The van der Waals surface area contributed by atoms with Crippen LogP contribution < -0.4 is 36.2 Å². The lowest BCUT2D eigenvalue weighted by atomic mass is 9.93. The summed E-state index contributed by atoms with van der Waals surface area (Å²) in [6.07, 6.45) is -2.03. The molecule has 2 aliphatic heterocycles. The second kappa shape index (κ2) is 14.4. The van der Waals surface area contributed by atoms with Crippen molar-refractivity contribution in [1.29, 1.82) is 5.26 Å². The van der Waals surface area contributed by atoms with Crippen molar-refractivity contribution >= 4 is 39.0 Å². The Morgan fingerprint density at radius 2 is 1.73 bits per heavy atom. The van der Waals surface area contributed by atoms with Gasteiger partial charge in [-0.05, 0) is 55.7 Å². The predicted molar refractivity (Wildman–Crippen MR) is 175 cm³/mol. The number of anilines is 4. The van der Waals surface area contributed by atoms with E-state index in [1.165, 1.54) is 13.1 Å². The van der Waals surface area contributed by atoms with E-state index >= 15 is 0 Å². The molecule has 1 atom stereocenters. The third kappa shape index (κ3) is 8.46. The van der Waals surface area contributed by atoms with Gasteiger partial charge in [0.2, 0.25) is 11.7 Å². The van der Waals surface area contributed by atoms with Crippen LogP contribution in [0, 0.1) is 17.2 Å². The Morgan fingerprint density at radius 1 is 1.06 bits per heavy atom. The van der Waals surface area contributed by atoms with Gasteiger partial charge in [0.25, 0.3) is 21.0 Å². The molecule has 0 radical (unpaired) electrons. The Balaban J connectivity index is 1.16. The number of amides is 1. The van der Waals surface area contributed by atoms with Crippen molar-refractivity contribution in [1.82, 2.24) is 15.3 Å². The second-order valence-electron chi connectivity index (χ2n) is 12.2. The van der Waals surface area contributed by atoms with Gasteiger partial charge in [-0.3, -0.25) is 18.9 Å². The molecule has 2 fully saturated rings. The van der Waals surface area contributed by atoms with Crippen LogP contribution in [0.3, 0.4) is 0 Å². The van der Waals surface area contributed by atoms with E-state index in [1.807, 2.05) is 6.07 Å². The molecule has 3 heterocycles. The van der Waals surface area contributed by atoms with Gasteiger partial charge < -0.3 is 25.3 Å². The highest BCUT2D eigenvalue weighted by molar-refractivity contribution is 7.85. The van der Waals surface area contributed by atoms with Gasteiger partial charge in [-0.25, -0.2) is 9.97 Å². The average Bonchev–Trinajstić information content (AvgIpc) is 3.02. The maximum Gasteiger partial charge on any atom is 0.451 e. The lowest BCUT2D eigenvalue weighted by Crippen LogP contribution is -2.57. The molecule has 49 heavy (non-hydrogen) atoms. The number of halogens is 3. The topological polar surface area (TPSA) is 189 Å². The summed E-state index contributed by atoms with van der Waals surface area (Å²) in [6.45, 7) is 1.78. The standard InChI is InChI=1S/C31H35F3N8O6S/c1-40(18-49(46,47)48)26-25(27(43)28(26)44)36-11-6-20-8-13-41(14-9-20)23-16-24(39-30(38-23)31(32,33)34)42-15-10-22(42)29(45)37-12-7-19-2-4-21(17-35)5-3-19/h2-5,16,20,22,36H,6-15,18H2,1H3,(H,37,45)(H,46,47,48)/t22-/m0/s1. The first-order valence-corrected chi connectivity index (χ1v) is 17.2. The fraction of sp³-hybridized carbons (Fsp3) is 0.484. The highest BCUT2D eigenvalue weighted by atomic mass is 32.2. The van der Waals surface area contributed by atoms with Crippen molar-refractivity contribution in [2.45, 2.75) is 44.3 Å². The normalized spacial score (nSPS) is 17.0. The molecule has 14 nitrogen and oxygen atoms in total. The third-order valence-electron chi connectivity index (χ3n) is 8.78. The van der Waals surface area contributed by atoms with Gasteiger partial charge in [0.05, 0.1) is 11.6 Å². The van der Waals surface area contributed by atoms with Gasteiger partial charge in [-0.1, -0.05) is 12.1 Å². The van der Waals surface area contributed by atoms with E-state index in [-0.39, 0.29) is 34.8 Å². The van der Waals surface area contributed by atoms with Crippen molar-refractivity contribution in [3.63, 3.8) is 0 Å². The lowest BCUT2D eigenvalue weighted by Gasteiger charge is -2.41. The van der Waals surface area contributed by atoms with E-state index in [1.54, 1.807) is 34.1 Å². The van der Waals surface area contributed by atoms with Crippen LogP contribution in [0.2, 0.25) is 0 Å². The monoisotopic (exact) mass is 704 g/mol. The molecule has 0 saturated carbocycles. The number of nitrogens with one attached hydrogen (secondary N) is 2. The number of carbonyl (C=O) groups excluding carboxylic acids is 1. The van der Waals surface area contributed by atoms with Crippen molar-refractivity contribution in [3.05, 3.63) is 67.7 Å². The van der Waals surface area contributed by atoms with Crippen LogP contribution in [-0.4, -0.2) is 80.5 Å². The van der Waals surface area contributed by atoms with Gasteiger partial charge >= 0.3 is 6.18 Å². The van der Waals surface area contributed by atoms with Crippen LogP contribution in [0.15, 0.2) is 39.9 Å². The maximum absolute atomic E-state index is 13.9. The summed E-state index contributed by atoms with van der Waals surface area (Å²) >= 11 is 0. The maximum atomic E-state index is 13.9. The summed E-state index contributed by atoms with van der Waals surface area (Å²) in [4.78, 5) is 48.9. The molecule has 0 unspecified atom stereocenters. The van der Waals surface area contributed by atoms with Gasteiger partial charge in [0.1, 0.15) is 34.9 Å². The van der Waals surface area contributed by atoms with E-state index < -0.39 is 44.9 Å². The molecule has 5 rings (SSSR count). The van der Waals surface area contributed by atoms with E-state index in [2.05, 4.69) is 20.6 Å². The number of carbonyl (C=O) groups is 1. The number of benzene rings is 1. The Hall–Kier alpha value is -4.76. The molecule has 2 aliphatic rings. The Bertz CT molecular complexity index is 1900. The summed E-state index contributed by atoms with van der Waals surface area (Å²) in [5.41, 5.74) is -0.321. The van der Waals surface area contributed by atoms with E-state index in [4.69, 9.17) is 9.81 Å². The van der Waals surface area contributed by atoms with E-state index in [9.17, 15) is 36.0 Å². The van der Waals surface area contributed by atoms with E-state index in [0.29, 0.717) is 70.4 Å². The zero-order chi connectivity index (χ0) is 35.5. The van der Waals surface area contributed by atoms with Crippen LogP contribution >= 0.6 is 0 Å². The summed E-state index contributed by atoms with van der Waals surface area (Å²) in [7, 11) is -3.15. The first kappa shape index (κ1) is 35.5. The first-order chi connectivity index (χ1) is 23.1. The smallest absolute Gasteiger partial charge is 0.380 e. The molecular weight excluding hydrogens is 669 g/mol. The molecule has 2 saturated heterocycles. The minimum atomic E-state index is -4.80. The Morgan fingerprint density at radius 3 is 2.33 bits per heavy atom. The number of nitriles is 1. The van der Waals surface area contributed by atoms with E-state index in [0.717, 1.165) is 10.5 Å². The molecule has 1 aromatic heterocycles. The van der Waals surface area contributed by atoms with Gasteiger partial charge in [0, 0.05) is 45.8 Å². The largest absolute Gasteiger partial charge is 0.451 e. The number of alkyl halides is 3. The average molecular weight is 705 g/mol. The van der Waals surface area contributed by atoms with Crippen molar-refractivity contribution < 1.29 is 30.9 Å². The fourth-order valence-electron chi connectivity index (χ4n) is 6.06. The number of piperidine rings is 1. The van der Waals surface area contributed by atoms with Crippen molar-refractivity contribution in [3.8, 4) is 6.07 Å². The molecule has 3 aromatic rings. The second-order valence-corrected chi connectivity index (χ2v) is 13.6. The first-order valence-electron chi connectivity index (χ1n) is 15.6. The SMILES string of the molecule is CN(CS(=O)(=O)O)c1c(NCCC2CCN(c3cc(N4CC[C@H]4C(=O)NCCc4ccc(C#N)cc4)nc(C(F)(F)F)n3)CC2)c(=O)c1=O. The molecular formula is C31H35F3N8O6S. The predicted octanol–water partition coefficient (Wildman–Crippen LogP) is 1.90. The van der Waals surface area contributed by atoms with Crippen molar-refractivity contribution in [2.24, 2.45) is 5.92 Å². The Kier molecular flexibility index (Phi) is 10.4. The Labute approximate surface area is 280 Å². The highest BCUT2D eigenvalue weighted by Gasteiger charge is 2.40. The number of rotatable bonds is 13. The molecule has 262 valence electrons. The zero-order valence-corrected chi connectivity index (χ0v) is 27.4. The van der Waals surface area contributed by atoms with Crippen LogP contribution in [-0.2, 0) is 27.5 Å². The number of aromatic nitrogens is 2. The molecule has 18 heteroatoms. The fourth-order valence-corrected chi connectivity index (χ4v) is 6.67. The summed E-state index contributed by atoms with van der Waals surface area (Å²) in [5, 5.41) is 14.7. The molecule has 2 aromatic carbocycles. The van der Waals surface area contributed by atoms with Gasteiger partial charge in [-0.15, -0.1) is 0 Å². The number of nitrogens with zero attached hydrogens (tertiary/aromatic N) is 6. The molecule has 1 amide bonds. The molecule has 0 bridgehead atoms. The quantitative estimate of drug-likeness (QED) is 0.173. The molecule has 0 aliphatic carbocycles. The highest BCUT2D eigenvalue weighted by Crippen LogP contribution is 2.34. The molecule has 0 spiro atoms. The zero-order valence-electron chi connectivity index (χ0n) is 26.5. The van der Waals surface area contributed by atoms with Crippen LogP contribution in [0.1, 0.15) is 42.6 Å². The third-order valence-corrected chi connectivity index (χ3v) is 9.50. The summed E-state index contributed by atoms with van der Waals surface area (Å²) < 4.78 is 73.1. The minimum absolute atomic E-state index is 0.0184. The summed E-state index contributed by atoms with van der Waals surface area (Å²) in [5.74, 6) is -2.19. The van der Waals surface area contributed by atoms with Crippen LogP contribution in [0.5, 0.6) is 0 Å². The number of hydrogen-bond acceptors (Lipinski definition) is 12. The van der Waals surface area contributed by atoms with Gasteiger partial charge in [-0.2, -0.15) is 26.9 Å². The lowest BCUT2D eigenvalue weighted by molar-refractivity contribution is -0.144. The van der Waals surface area contributed by atoms with Gasteiger partial charge in [0.15, 0.2) is 0 Å². The van der Waals surface area contributed by atoms with Crippen LogP contribution in [0.4, 0.5) is 36.2 Å². The molecule has 3 N–H and O–H groups in total. The van der Waals surface area contributed by atoms with Crippen molar-refractivity contribution in [2.75, 3.05) is 65.7 Å². The minimum Gasteiger partial charge on any atom is -0.380 e. The number of hydrogen-bond donors (Lipinski definition) is 3. The van der Waals surface area contributed by atoms with Crippen LogP contribution in [0.25, 0.3) is 0 Å². The summed E-state index contributed by atoms with van der Waals surface area (Å²) in [6, 6.07) is 9.81.